The summed E-state index contributed by atoms with van der Waals surface area (Å²) in [6.45, 7) is 2.04. The van der Waals surface area contributed by atoms with Gasteiger partial charge in [0.25, 0.3) is 5.91 Å². The van der Waals surface area contributed by atoms with Crippen LogP contribution in [0.2, 0.25) is 5.02 Å². The quantitative estimate of drug-likeness (QED) is 0.890. The lowest BCUT2D eigenvalue weighted by molar-refractivity contribution is 0.102. The molecular formula is C12H11BrClN3OS. The summed E-state index contributed by atoms with van der Waals surface area (Å²) in [7, 11) is 0. The van der Waals surface area contributed by atoms with E-state index in [1.54, 1.807) is 18.2 Å². The minimum atomic E-state index is -0.187. The maximum absolute atomic E-state index is 12.1. The molecule has 7 heteroatoms. The maximum Gasteiger partial charge on any atom is 0.269 e. The molecule has 2 aromatic rings. The van der Waals surface area contributed by atoms with Crippen LogP contribution in [0.4, 0.5) is 5.69 Å². The normalized spacial score (nSPS) is 10.5. The van der Waals surface area contributed by atoms with E-state index in [4.69, 9.17) is 11.6 Å². The summed E-state index contributed by atoms with van der Waals surface area (Å²) in [6, 6.07) is 5.23. The molecule has 0 saturated carbocycles. The van der Waals surface area contributed by atoms with Crippen LogP contribution in [-0.4, -0.2) is 15.5 Å². The fourth-order valence-corrected chi connectivity index (χ4v) is 2.64. The van der Waals surface area contributed by atoms with Crippen molar-refractivity contribution in [1.82, 2.24) is 9.59 Å². The van der Waals surface area contributed by atoms with Crippen molar-refractivity contribution in [3.05, 3.63) is 38.3 Å². The third kappa shape index (κ3) is 3.52. The first kappa shape index (κ1) is 14.4. The van der Waals surface area contributed by atoms with Gasteiger partial charge >= 0.3 is 0 Å². The minimum Gasteiger partial charge on any atom is -0.321 e. The number of nitrogens with one attached hydrogen (secondary N) is 1. The van der Waals surface area contributed by atoms with Crippen LogP contribution < -0.4 is 5.32 Å². The number of aryl methyl sites for hydroxylation is 1. The molecule has 0 aliphatic rings. The zero-order valence-electron chi connectivity index (χ0n) is 10.1. The second kappa shape index (κ2) is 6.45. The van der Waals surface area contributed by atoms with Crippen LogP contribution in [-0.2, 0) is 6.42 Å². The van der Waals surface area contributed by atoms with Gasteiger partial charge in [-0.1, -0.05) is 29.4 Å². The van der Waals surface area contributed by atoms with Gasteiger partial charge in [0.2, 0.25) is 0 Å². The Balaban J connectivity index is 2.16. The Morgan fingerprint density at radius 2 is 2.32 bits per heavy atom. The Bertz CT molecular complexity index is 602. The number of amides is 1. The largest absolute Gasteiger partial charge is 0.321 e. The number of carbonyl (C=O) groups excluding carboxylic acids is 1. The lowest BCUT2D eigenvalue weighted by Crippen LogP contribution is -2.12. The van der Waals surface area contributed by atoms with E-state index in [2.05, 4.69) is 30.8 Å². The average molecular weight is 361 g/mol. The molecule has 1 heterocycles. The van der Waals surface area contributed by atoms with Crippen molar-refractivity contribution < 1.29 is 4.79 Å². The molecule has 0 bridgehead atoms. The van der Waals surface area contributed by atoms with Gasteiger partial charge in [0.15, 0.2) is 0 Å². The number of benzene rings is 1. The van der Waals surface area contributed by atoms with E-state index in [1.165, 1.54) is 0 Å². The first-order valence-corrected chi connectivity index (χ1v) is 7.64. The molecule has 0 unspecified atom stereocenters. The smallest absolute Gasteiger partial charge is 0.269 e. The highest BCUT2D eigenvalue weighted by molar-refractivity contribution is 9.10. The Morgan fingerprint density at radius 3 is 3.00 bits per heavy atom. The molecule has 0 saturated heterocycles. The molecule has 1 aromatic heterocycles. The third-order valence-electron chi connectivity index (χ3n) is 2.43. The Hall–Kier alpha value is -0.980. The summed E-state index contributed by atoms with van der Waals surface area (Å²) in [5.41, 5.74) is 1.43. The van der Waals surface area contributed by atoms with Gasteiger partial charge in [0.1, 0.15) is 4.88 Å². The number of hydrogen-bond acceptors (Lipinski definition) is 4. The second-order valence-corrected chi connectivity index (χ2v) is 5.90. The number of halogens is 2. The number of carbonyl (C=O) groups is 1. The van der Waals surface area contributed by atoms with Crippen molar-refractivity contribution >= 4 is 50.7 Å². The zero-order valence-corrected chi connectivity index (χ0v) is 13.3. The van der Waals surface area contributed by atoms with Crippen molar-refractivity contribution in [1.29, 1.82) is 0 Å². The molecule has 1 amide bonds. The summed E-state index contributed by atoms with van der Waals surface area (Å²) >= 11 is 10.3. The van der Waals surface area contributed by atoms with Crippen LogP contribution >= 0.6 is 39.1 Å². The van der Waals surface area contributed by atoms with Crippen LogP contribution in [0.1, 0.15) is 28.7 Å². The Morgan fingerprint density at radius 1 is 1.53 bits per heavy atom. The molecule has 0 radical (unpaired) electrons. The van der Waals surface area contributed by atoms with Crippen LogP contribution in [0.25, 0.3) is 0 Å². The van der Waals surface area contributed by atoms with E-state index in [1.807, 2.05) is 6.92 Å². The minimum absolute atomic E-state index is 0.187. The fraction of sp³-hybridized carbons (Fsp3) is 0.250. The monoisotopic (exact) mass is 359 g/mol. The second-order valence-electron chi connectivity index (χ2n) is 3.88. The van der Waals surface area contributed by atoms with Gasteiger partial charge in [-0.05, 0) is 52.1 Å². The lowest BCUT2D eigenvalue weighted by Gasteiger charge is -2.05. The van der Waals surface area contributed by atoms with Crippen molar-refractivity contribution in [3.63, 3.8) is 0 Å². The Kier molecular flexibility index (Phi) is 4.90. The highest BCUT2D eigenvalue weighted by Gasteiger charge is 2.16. The molecule has 19 heavy (non-hydrogen) atoms. The molecular weight excluding hydrogens is 350 g/mol. The summed E-state index contributed by atoms with van der Waals surface area (Å²) < 4.78 is 4.57. The Labute approximate surface area is 128 Å². The van der Waals surface area contributed by atoms with Crippen molar-refractivity contribution in [2.75, 3.05) is 5.32 Å². The first-order valence-electron chi connectivity index (χ1n) is 5.69. The molecule has 0 spiro atoms. The molecule has 4 nitrogen and oxygen atoms in total. The van der Waals surface area contributed by atoms with E-state index in [-0.39, 0.29) is 5.91 Å². The van der Waals surface area contributed by atoms with Crippen LogP contribution in [0.3, 0.4) is 0 Å². The van der Waals surface area contributed by atoms with Gasteiger partial charge in [0.05, 0.1) is 10.7 Å². The van der Waals surface area contributed by atoms with Crippen LogP contribution in [0, 0.1) is 0 Å². The van der Waals surface area contributed by atoms with Crippen molar-refractivity contribution in [2.45, 2.75) is 19.8 Å². The molecule has 2 rings (SSSR count). The predicted molar refractivity (Wildman–Crippen MR) is 81.0 cm³/mol. The van der Waals surface area contributed by atoms with Crippen LogP contribution in [0.5, 0.6) is 0 Å². The molecule has 0 aliphatic carbocycles. The molecule has 1 aromatic carbocycles. The van der Waals surface area contributed by atoms with Gasteiger partial charge < -0.3 is 5.32 Å². The number of anilines is 1. The number of hydrogen-bond donors (Lipinski definition) is 1. The number of aromatic nitrogens is 2. The van der Waals surface area contributed by atoms with Gasteiger partial charge in [-0.2, -0.15) is 0 Å². The first-order chi connectivity index (χ1) is 9.11. The SMILES string of the molecule is CCCc1nnsc1C(=O)Nc1ccc(Cl)c(Br)c1. The van der Waals surface area contributed by atoms with Crippen molar-refractivity contribution in [3.8, 4) is 0 Å². The van der Waals surface area contributed by atoms with Gasteiger partial charge in [-0.15, -0.1) is 5.10 Å². The molecule has 1 N–H and O–H groups in total. The number of nitrogens with zero attached hydrogens (tertiary/aromatic N) is 2. The highest BCUT2D eigenvalue weighted by Crippen LogP contribution is 2.26. The maximum atomic E-state index is 12.1. The third-order valence-corrected chi connectivity index (χ3v) is 4.41. The van der Waals surface area contributed by atoms with Gasteiger partial charge in [-0.3, -0.25) is 4.79 Å². The standard InChI is InChI=1S/C12H11BrClN3OS/c1-2-3-10-11(19-17-16-10)12(18)15-7-4-5-9(14)8(13)6-7/h4-6H,2-3H2,1H3,(H,15,18). The van der Waals surface area contributed by atoms with Gasteiger partial charge in [0, 0.05) is 10.2 Å². The summed E-state index contributed by atoms with van der Waals surface area (Å²) in [5, 5.41) is 7.39. The van der Waals surface area contributed by atoms with E-state index < -0.39 is 0 Å². The van der Waals surface area contributed by atoms with E-state index >= 15 is 0 Å². The molecule has 0 fully saturated rings. The number of rotatable bonds is 4. The summed E-state index contributed by atoms with van der Waals surface area (Å²) in [6.07, 6.45) is 1.68. The molecule has 100 valence electrons. The zero-order chi connectivity index (χ0) is 13.8. The fourth-order valence-electron chi connectivity index (χ4n) is 1.54. The molecule has 0 atom stereocenters. The van der Waals surface area contributed by atoms with E-state index in [0.29, 0.717) is 15.6 Å². The summed E-state index contributed by atoms with van der Waals surface area (Å²) in [4.78, 5) is 12.7. The van der Waals surface area contributed by atoms with E-state index in [0.717, 1.165) is 34.5 Å². The highest BCUT2D eigenvalue weighted by atomic mass is 79.9. The predicted octanol–water partition coefficient (Wildman–Crippen LogP) is 4.16. The lowest BCUT2D eigenvalue weighted by atomic mass is 10.2. The van der Waals surface area contributed by atoms with Crippen LogP contribution in [0.15, 0.2) is 22.7 Å². The molecule has 0 aliphatic heterocycles. The topological polar surface area (TPSA) is 54.9 Å². The van der Waals surface area contributed by atoms with Gasteiger partial charge in [-0.25, -0.2) is 0 Å². The van der Waals surface area contributed by atoms with Crippen molar-refractivity contribution in [2.24, 2.45) is 0 Å². The summed E-state index contributed by atoms with van der Waals surface area (Å²) in [5.74, 6) is -0.187. The average Bonchev–Trinajstić information content (AvgIpc) is 2.83. The van der Waals surface area contributed by atoms with E-state index in [9.17, 15) is 4.79 Å².